The first-order chi connectivity index (χ1) is 13.7. The van der Waals surface area contributed by atoms with E-state index >= 15 is 0 Å². The summed E-state index contributed by atoms with van der Waals surface area (Å²) in [4.78, 5) is 27.1. The van der Waals surface area contributed by atoms with Gasteiger partial charge in [-0.1, -0.05) is 32.9 Å². The summed E-state index contributed by atoms with van der Waals surface area (Å²) in [7, 11) is 1.63. The molecule has 7 nitrogen and oxygen atoms in total. The van der Waals surface area contributed by atoms with E-state index in [4.69, 9.17) is 9.47 Å². The number of methoxy groups -OCH3 is 1. The lowest BCUT2D eigenvalue weighted by Gasteiger charge is -2.32. The predicted octanol–water partition coefficient (Wildman–Crippen LogP) is 3.05. The average Bonchev–Trinajstić information content (AvgIpc) is 3.04. The van der Waals surface area contributed by atoms with Gasteiger partial charge >= 0.3 is 5.97 Å². The highest BCUT2D eigenvalue weighted by Crippen LogP contribution is 2.28. The van der Waals surface area contributed by atoms with Crippen LogP contribution in [0.3, 0.4) is 0 Å². The second-order valence-electron chi connectivity index (χ2n) is 8.23. The van der Waals surface area contributed by atoms with Crippen molar-refractivity contribution in [3.05, 3.63) is 46.8 Å². The van der Waals surface area contributed by atoms with Gasteiger partial charge in [0.2, 0.25) is 5.91 Å². The minimum atomic E-state index is -0.474. The summed E-state index contributed by atoms with van der Waals surface area (Å²) in [5.41, 5.74) is 2.62. The molecule has 1 aromatic carbocycles. The molecule has 156 valence electrons. The number of carbonyl (C=O) groups excluding carboxylic acids is 2. The Hall–Kier alpha value is -2.83. The first-order valence-electron chi connectivity index (χ1n) is 9.92. The predicted molar refractivity (Wildman–Crippen MR) is 109 cm³/mol. The molecule has 0 bridgehead atoms. The van der Waals surface area contributed by atoms with Crippen LogP contribution in [0.15, 0.2) is 24.3 Å². The molecular weight excluding hydrogens is 370 g/mol. The third kappa shape index (κ3) is 4.44. The fraction of sp³-hybridized carbons (Fsp3) is 0.500. The molecule has 1 aliphatic rings. The van der Waals surface area contributed by atoms with E-state index in [1.165, 1.54) is 0 Å². The molecule has 0 aliphatic carbocycles. The molecule has 2 aromatic rings. The Morgan fingerprint density at radius 2 is 2.00 bits per heavy atom. The maximum absolute atomic E-state index is 12.8. The molecule has 7 heteroatoms. The minimum absolute atomic E-state index is 0.0681. The molecule has 29 heavy (non-hydrogen) atoms. The van der Waals surface area contributed by atoms with Gasteiger partial charge < -0.3 is 14.4 Å². The maximum atomic E-state index is 12.8. The van der Waals surface area contributed by atoms with E-state index in [2.05, 4.69) is 5.10 Å². The van der Waals surface area contributed by atoms with Crippen LogP contribution < -0.4 is 4.74 Å². The number of nitrogens with zero attached hydrogens (tertiary/aromatic N) is 3. The average molecular weight is 399 g/mol. The van der Waals surface area contributed by atoms with Crippen LogP contribution in [0.1, 0.15) is 55.0 Å². The van der Waals surface area contributed by atoms with E-state index in [9.17, 15) is 9.59 Å². The number of carbonyl (C=O) groups is 2. The van der Waals surface area contributed by atoms with Gasteiger partial charge in [-0.25, -0.2) is 4.79 Å². The van der Waals surface area contributed by atoms with Crippen LogP contribution in [0.25, 0.3) is 0 Å². The number of fused-ring (bicyclic) bond motifs is 1. The normalized spacial score (nSPS) is 13.8. The van der Waals surface area contributed by atoms with Crippen molar-refractivity contribution in [2.24, 2.45) is 5.41 Å². The van der Waals surface area contributed by atoms with Gasteiger partial charge in [0.1, 0.15) is 5.75 Å². The summed E-state index contributed by atoms with van der Waals surface area (Å²) < 4.78 is 12.4. The molecule has 0 saturated carbocycles. The Bertz CT molecular complexity index is 911. The number of amides is 1. The van der Waals surface area contributed by atoms with Gasteiger partial charge in [0, 0.05) is 36.2 Å². The van der Waals surface area contributed by atoms with Gasteiger partial charge in [-0.05, 0) is 24.6 Å². The monoisotopic (exact) mass is 399 g/mol. The highest BCUT2D eigenvalue weighted by atomic mass is 16.5. The summed E-state index contributed by atoms with van der Waals surface area (Å²) in [6, 6.07) is 7.78. The van der Waals surface area contributed by atoms with Crippen molar-refractivity contribution >= 4 is 11.9 Å². The van der Waals surface area contributed by atoms with Crippen LogP contribution in [0.2, 0.25) is 0 Å². The Morgan fingerprint density at radius 3 is 2.66 bits per heavy atom. The number of ether oxygens (including phenoxy) is 2. The van der Waals surface area contributed by atoms with E-state index < -0.39 is 11.4 Å². The fourth-order valence-corrected chi connectivity index (χ4v) is 3.58. The molecule has 0 unspecified atom stereocenters. The van der Waals surface area contributed by atoms with Gasteiger partial charge in [0.05, 0.1) is 20.3 Å². The minimum Gasteiger partial charge on any atom is -0.497 e. The zero-order valence-electron chi connectivity index (χ0n) is 17.8. The molecule has 0 atom stereocenters. The van der Waals surface area contributed by atoms with Crippen LogP contribution in [-0.4, -0.2) is 46.8 Å². The highest BCUT2D eigenvalue weighted by Gasteiger charge is 2.34. The lowest BCUT2D eigenvalue weighted by atomic mass is 9.93. The largest absolute Gasteiger partial charge is 0.497 e. The summed E-state index contributed by atoms with van der Waals surface area (Å²) in [5, 5.41) is 4.58. The van der Waals surface area contributed by atoms with Crippen LogP contribution in [0.5, 0.6) is 5.75 Å². The van der Waals surface area contributed by atoms with Crippen molar-refractivity contribution in [2.45, 2.75) is 47.2 Å². The quantitative estimate of drug-likeness (QED) is 0.723. The van der Waals surface area contributed by atoms with Crippen molar-refractivity contribution in [1.82, 2.24) is 14.7 Å². The van der Waals surface area contributed by atoms with Crippen molar-refractivity contribution in [1.29, 1.82) is 0 Å². The number of hydrogen-bond donors (Lipinski definition) is 0. The van der Waals surface area contributed by atoms with Crippen LogP contribution in [0, 0.1) is 5.41 Å². The smallest absolute Gasteiger partial charge is 0.359 e. The van der Waals surface area contributed by atoms with E-state index in [1.807, 2.05) is 54.6 Å². The Kier molecular flexibility index (Phi) is 5.96. The van der Waals surface area contributed by atoms with Crippen LogP contribution >= 0.6 is 0 Å². The lowest BCUT2D eigenvalue weighted by molar-refractivity contribution is -0.140. The lowest BCUT2D eigenvalue weighted by Crippen LogP contribution is -2.42. The molecule has 1 aromatic heterocycles. The molecular formula is C22H29N3O4. The summed E-state index contributed by atoms with van der Waals surface area (Å²) in [6.45, 7) is 9.27. The molecule has 0 radical (unpaired) electrons. The van der Waals surface area contributed by atoms with Gasteiger partial charge in [-0.15, -0.1) is 0 Å². The Balaban J connectivity index is 1.96. The number of aromatic nitrogens is 2. The van der Waals surface area contributed by atoms with Gasteiger partial charge in [-0.3, -0.25) is 9.48 Å². The second-order valence-corrected chi connectivity index (χ2v) is 8.23. The first kappa shape index (κ1) is 20.9. The van der Waals surface area contributed by atoms with Crippen LogP contribution in [0.4, 0.5) is 0 Å². The van der Waals surface area contributed by atoms with Crippen molar-refractivity contribution < 1.29 is 19.1 Å². The number of benzene rings is 1. The van der Waals surface area contributed by atoms with Crippen molar-refractivity contribution in [2.75, 3.05) is 20.3 Å². The number of rotatable bonds is 5. The van der Waals surface area contributed by atoms with Crippen LogP contribution in [-0.2, 0) is 29.0 Å². The van der Waals surface area contributed by atoms with E-state index in [0.29, 0.717) is 31.7 Å². The highest BCUT2D eigenvalue weighted by molar-refractivity contribution is 5.90. The third-order valence-corrected chi connectivity index (χ3v) is 5.00. The van der Waals surface area contributed by atoms with E-state index in [1.54, 1.807) is 14.0 Å². The molecule has 1 aliphatic heterocycles. The van der Waals surface area contributed by atoms with Crippen molar-refractivity contribution in [3.8, 4) is 5.75 Å². The third-order valence-electron chi connectivity index (χ3n) is 5.00. The first-order valence-corrected chi connectivity index (χ1v) is 9.92. The summed E-state index contributed by atoms with van der Waals surface area (Å²) in [6.07, 6.45) is 0.646. The van der Waals surface area contributed by atoms with E-state index in [-0.39, 0.29) is 12.5 Å². The molecule has 2 heterocycles. The maximum Gasteiger partial charge on any atom is 0.359 e. The van der Waals surface area contributed by atoms with Gasteiger partial charge in [0.25, 0.3) is 0 Å². The standard InChI is InChI=1S/C22H29N3O4/c1-6-29-20(26)19-17-14-24(21(27)22(2,3)4)11-10-18(17)25(23-19)13-15-8-7-9-16(12-15)28-5/h7-9,12H,6,10-11,13-14H2,1-5H3. The molecule has 0 N–H and O–H groups in total. The molecule has 0 saturated heterocycles. The number of hydrogen-bond acceptors (Lipinski definition) is 5. The fourth-order valence-electron chi connectivity index (χ4n) is 3.58. The van der Waals surface area contributed by atoms with Gasteiger partial charge in [-0.2, -0.15) is 5.10 Å². The molecule has 0 spiro atoms. The van der Waals surface area contributed by atoms with Gasteiger partial charge in [0.15, 0.2) is 5.69 Å². The zero-order valence-corrected chi connectivity index (χ0v) is 17.8. The second kappa shape index (κ2) is 8.27. The summed E-state index contributed by atoms with van der Waals surface area (Å²) >= 11 is 0. The topological polar surface area (TPSA) is 73.7 Å². The number of esters is 1. The van der Waals surface area contributed by atoms with Crippen molar-refractivity contribution in [3.63, 3.8) is 0 Å². The Morgan fingerprint density at radius 1 is 1.24 bits per heavy atom. The zero-order chi connectivity index (χ0) is 21.2. The van der Waals surface area contributed by atoms with E-state index in [0.717, 1.165) is 22.6 Å². The Labute approximate surface area is 171 Å². The molecule has 0 fully saturated rings. The SMILES string of the molecule is CCOC(=O)c1nn(Cc2cccc(OC)c2)c2c1CN(C(=O)C(C)(C)C)CC2. The summed E-state index contributed by atoms with van der Waals surface area (Å²) in [5.74, 6) is 0.396. The molecule has 3 rings (SSSR count). The molecule has 1 amide bonds.